The van der Waals surface area contributed by atoms with Crippen molar-refractivity contribution in [2.75, 3.05) is 19.8 Å². The third-order valence-electron chi connectivity index (χ3n) is 6.44. The molecule has 0 aliphatic carbocycles. The van der Waals surface area contributed by atoms with Crippen LogP contribution in [0, 0.1) is 6.92 Å². The second-order valence-electron chi connectivity index (χ2n) is 9.88. The normalized spacial score (nSPS) is 14.4. The van der Waals surface area contributed by atoms with Crippen molar-refractivity contribution >= 4 is 45.6 Å². The van der Waals surface area contributed by atoms with Crippen molar-refractivity contribution in [1.29, 1.82) is 0 Å². The summed E-state index contributed by atoms with van der Waals surface area (Å²) in [5.74, 6) is -1.04. The highest BCUT2D eigenvalue weighted by Gasteiger charge is 2.36. The SMILES string of the molecule is CCCOc1ccc(CN2C(=O)NC(=O)/C(=C\c3cc(Cl)c(OS(=O)(=O)c4ccc(C)cc4)c(OCC)c3)C2=O)cc1OCC. The zero-order chi connectivity index (χ0) is 32.7. The number of nitrogens with one attached hydrogen (secondary N) is 1. The third kappa shape index (κ3) is 7.95. The molecule has 4 rings (SSSR count). The number of ether oxygens (including phenoxy) is 3. The van der Waals surface area contributed by atoms with Crippen molar-refractivity contribution in [2.24, 2.45) is 0 Å². The predicted molar refractivity (Wildman–Crippen MR) is 167 cm³/mol. The van der Waals surface area contributed by atoms with Gasteiger partial charge in [-0.05, 0) is 80.8 Å². The van der Waals surface area contributed by atoms with Crippen LogP contribution in [-0.2, 0) is 26.3 Å². The lowest BCUT2D eigenvalue weighted by Crippen LogP contribution is -2.53. The second-order valence-corrected chi connectivity index (χ2v) is 11.8. The molecule has 1 N–H and O–H groups in total. The minimum absolute atomic E-state index is 0.0297. The van der Waals surface area contributed by atoms with Crippen LogP contribution in [0.25, 0.3) is 6.08 Å². The number of halogens is 1. The molecular formula is C32H33ClN2O9S. The summed E-state index contributed by atoms with van der Waals surface area (Å²) in [7, 11) is -4.27. The number of carbonyl (C=O) groups is 3. The van der Waals surface area contributed by atoms with Crippen LogP contribution in [0.4, 0.5) is 4.79 Å². The highest BCUT2D eigenvalue weighted by Crippen LogP contribution is 2.39. The van der Waals surface area contributed by atoms with Gasteiger partial charge in [0.05, 0.1) is 31.4 Å². The van der Waals surface area contributed by atoms with E-state index in [2.05, 4.69) is 5.32 Å². The van der Waals surface area contributed by atoms with Gasteiger partial charge in [-0.25, -0.2) is 4.79 Å². The zero-order valence-electron chi connectivity index (χ0n) is 25.2. The second kappa shape index (κ2) is 14.5. The molecule has 1 aliphatic heterocycles. The first-order valence-electron chi connectivity index (χ1n) is 14.2. The number of hydrogen-bond acceptors (Lipinski definition) is 9. The van der Waals surface area contributed by atoms with Crippen LogP contribution in [0.15, 0.2) is 65.1 Å². The van der Waals surface area contributed by atoms with Gasteiger partial charge >= 0.3 is 16.1 Å². The summed E-state index contributed by atoms with van der Waals surface area (Å²) >= 11 is 6.45. The largest absolute Gasteiger partial charge is 0.490 e. The minimum atomic E-state index is -4.27. The number of benzene rings is 3. The van der Waals surface area contributed by atoms with Crippen LogP contribution in [0.5, 0.6) is 23.0 Å². The standard InChI is InChI=1S/C32H33ClN2O9S/c1-5-14-43-26-13-10-21(17-27(26)41-6-2)19-35-31(37)24(30(36)34-32(35)38)15-22-16-25(33)29(28(18-22)42-7-3)44-45(39,40)23-11-8-20(4)9-12-23/h8-13,15-18H,5-7,14,19H2,1-4H3,(H,34,36,38)/b24-15+. The molecule has 3 aromatic rings. The molecule has 0 bridgehead atoms. The Bertz CT molecular complexity index is 1740. The quantitative estimate of drug-likeness (QED) is 0.140. The first-order chi connectivity index (χ1) is 21.5. The molecule has 1 fully saturated rings. The van der Waals surface area contributed by atoms with E-state index in [1.54, 1.807) is 37.3 Å². The van der Waals surface area contributed by atoms with E-state index in [4.69, 9.17) is 30.0 Å². The van der Waals surface area contributed by atoms with E-state index >= 15 is 0 Å². The number of carbonyl (C=O) groups excluding carboxylic acids is 3. The Hall–Kier alpha value is -4.55. The summed E-state index contributed by atoms with van der Waals surface area (Å²) in [4.78, 5) is 39.8. The average molecular weight is 657 g/mol. The molecule has 0 saturated carbocycles. The van der Waals surface area contributed by atoms with Crippen molar-refractivity contribution in [2.45, 2.75) is 45.6 Å². The van der Waals surface area contributed by atoms with Gasteiger partial charge in [-0.2, -0.15) is 8.42 Å². The fourth-order valence-corrected chi connectivity index (χ4v) is 5.58. The maximum absolute atomic E-state index is 13.5. The van der Waals surface area contributed by atoms with E-state index < -0.39 is 28.0 Å². The van der Waals surface area contributed by atoms with E-state index in [1.807, 2.05) is 20.8 Å². The molecule has 1 heterocycles. The van der Waals surface area contributed by atoms with Crippen molar-refractivity contribution in [3.8, 4) is 23.0 Å². The lowest BCUT2D eigenvalue weighted by molar-refractivity contribution is -0.130. The Morgan fingerprint density at radius 3 is 2.22 bits per heavy atom. The van der Waals surface area contributed by atoms with Gasteiger partial charge in [-0.3, -0.25) is 19.8 Å². The van der Waals surface area contributed by atoms with Gasteiger partial charge in [0.15, 0.2) is 17.2 Å². The number of aryl methyl sites for hydroxylation is 1. The number of barbiturate groups is 1. The Morgan fingerprint density at radius 1 is 0.867 bits per heavy atom. The number of hydrogen-bond donors (Lipinski definition) is 1. The molecule has 4 amide bonds. The molecule has 0 aromatic heterocycles. The van der Waals surface area contributed by atoms with E-state index in [0.717, 1.165) is 16.9 Å². The summed E-state index contributed by atoms with van der Waals surface area (Å²) in [6.07, 6.45) is 2.04. The van der Waals surface area contributed by atoms with Crippen LogP contribution in [0.3, 0.4) is 0 Å². The molecule has 13 heteroatoms. The van der Waals surface area contributed by atoms with Gasteiger partial charge in [0, 0.05) is 0 Å². The monoisotopic (exact) mass is 656 g/mol. The molecular weight excluding hydrogens is 624 g/mol. The van der Waals surface area contributed by atoms with Gasteiger partial charge in [-0.1, -0.05) is 42.3 Å². The number of amides is 4. The van der Waals surface area contributed by atoms with Crippen molar-refractivity contribution in [3.05, 3.63) is 81.9 Å². The van der Waals surface area contributed by atoms with Gasteiger partial charge in [-0.15, -0.1) is 0 Å². The highest BCUT2D eigenvalue weighted by atomic mass is 35.5. The summed E-state index contributed by atoms with van der Waals surface area (Å²) in [5, 5.41) is 2.04. The molecule has 0 radical (unpaired) electrons. The summed E-state index contributed by atoms with van der Waals surface area (Å²) in [6.45, 7) is 8.15. The molecule has 1 saturated heterocycles. The zero-order valence-corrected chi connectivity index (χ0v) is 26.8. The van der Waals surface area contributed by atoms with E-state index in [-0.39, 0.29) is 45.7 Å². The molecule has 45 heavy (non-hydrogen) atoms. The van der Waals surface area contributed by atoms with Gasteiger partial charge in [0.1, 0.15) is 10.5 Å². The highest BCUT2D eigenvalue weighted by molar-refractivity contribution is 7.87. The van der Waals surface area contributed by atoms with Crippen molar-refractivity contribution < 1.29 is 41.2 Å². The number of rotatable bonds is 13. The number of nitrogens with zero attached hydrogens (tertiary/aromatic N) is 1. The van der Waals surface area contributed by atoms with Gasteiger partial charge in [0.25, 0.3) is 11.8 Å². The lowest BCUT2D eigenvalue weighted by Gasteiger charge is -2.26. The Kier molecular flexibility index (Phi) is 10.7. The third-order valence-corrected chi connectivity index (χ3v) is 7.96. The molecule has 0 spiro atoms. The number of imide groups is 2. The van der Waals surface area contributed by atoms with Gasteiger partial charge in [0.2, 0.25) is 5.75 Å². The smallest absolute Gasteiger partial charge is 0.339 e. The first kappa shape index (κ1) is 33.3. The van der Waals surface area contributed by atoms with Crippen LogP contribution in [0.1, 0.15) is 43.9 Å². The fraction of sp³-hybridized carbons (Fsp3) is 0.281. The molecule has 3 aromatic carbocycles. The van der Waals surface area contributed by atoms with E-state index in [1.165, 1.54) is 30.3 Å². The van der Waals surface area contributed by atoms with Gasteiger partial charge < -0.3 is 18.4 Å². The fourth-order valence-electron chi connectivity index (χ4n) is 4.32. The molecule has 0 atom stereocenters. The van der Waals surface area contributed by atoms with Crippen LogP contribution in [0.2, 0.25) is 5.02 Å². The topological polar surface area (TPSA) is 138 Å². The maximum atomic E-state index is 13.5. The Morgan fingerprint density at radius 2 is 1.56 bits per heavy atom. The lowest BCUT2D eigenvalue weighted by atomic mass is 10.1. The average Bonchev–Trinajstić information content (AvgIpc) is 2.99. The molecule has 11 nitrogen and oxygen atoms in total. The summed E-state index contributed by atoms with van der Waals surface area (Å²) < 4.78 is 48.3. The van der Waals surface area contributed by atoms with Crippen molar-refractivity contribution in [3.63, 3.8) is 0 Å². The maximum Gasteiger partial charge on any atom is 0.339 e. The molecule has 1 aliphatic rings. The first-order valence-corrected chi connectivity index (χ1v) is 16.0. The Labute approximate surface area is 266 Å². The van der Waals surface area contributed by atoms with E-state index in [0.29, 0.717) is 30.3 Å². The van der Waals surface area contributed by atoms with Crippen LogP contribution >= 0.6 is 11.6 Å². The van der Waals surface area contributed by atoms with Crippen LogP contribution in [-0.4, -0.2) is 51.0 Å². The minimum Gasteiger partial charge on any atom is -0.490 e. The predicted octanol–water partition coefficient (Wildman–Crippen LogP) is 5.66. The van der Waals surface area contributed by atoms with E-state index in [9.17, 15) is 22.8 Å². The molecule has 238 valence electrons. The van der Waals surface area contributed by atoms with Crippen LogP contribution < -0.4 is 23.7 Å². The summed E-state index contributed by atoms with van der Waals surface area (Å²) in [5.41, 5.74) is 1.32. The molecule has 0 unspecified atom stereocenters. The number of urea groups is 1. The summed E-state index contributed by atoms with van der Waals surface area (Å²) in [6, 6.07) is 13.0. The van der Waals surface area contributed by atoms with Crippen molar-refractivity contribution in [1.82, 2.24) is 10.2 Å². The Balaban J connectivity index is 1.64.